The molecule has 0 saturated carbocycles. The number of carbonyl (C=O) groups is 1. The van der Waals surface area contributed by atoms with Crippen molar-refractivity contribution in [2.45, 2.75) is 85.0 Å². The van der Waals surface area contributed by atoms with Gasteiger partial charge in [-0.15, -0.1) is 0 Å². The molecule has 1 rings (SSSR count). The molecule has 0 spiro atoms. The van der Waals surface area contributed by atoms with Crippen molar-refractivity contribution < 1.29 is 9.90 Å². The van der Waals surface area contributed by atoms with E-state index in [1.807, 2.05) is 31.2 Å². The molecule has 35 heavy (non-hydrogen) atoms. The molecule has 0 fully saturated rings. The van der Waals surface area contributed by atoms with E-state index >= 15 is 0 Å². The third-order valence-corrected chi connectivity index (χ3v) is 6.04. The number of carboxylic acid groups (broad SMARTS) is 1. The first-order valence-electron chi connectivity index (χ1n) is 13.3. The zero-order chi connectivity index (χ0) is 25.7. The van der Waals surface area contributed by atoms with E-state index in [2.05, 4.69) is 62.2 Å². The highest BCUT2D eigenvalue weighted by Crippen LogP contribution is 2.17. The van der Waals surface area contributed by atoms with Crippen molar-refractivity contribution in [2.75, 3.05) is 18.5 Å². The molecule has 0 unspecified atom stereocenters. The molecule has 0 saturated heterocycles. The van der Waals surface area contributed by atoms with Crippen molar-refractivity contribution in [3.8, 4) is 0 Å². The number of hydrogen-bond donors (Lipinski definition) is 1. The van der Waals surface area contributed by atoms with E-state index in [9.17, 15) is 4.79 Å². The SMILES string of the molecule is CCCCCCCCCCCCN(C)c1ccc(C=CC(C)=CC=CC=C(C)C=CC(=O)O)cc1. The average Bonchev–Trinajstić information content (AvgIpc) is 2.85. The number of anilines is 1. The number of benzene rings is 1. The van der Waals surface area contributed by atoms with Crippen molar-refractivity contribution in [2.24, 2.45) is 0 Å². The minimum Gasteiger partial charge on any atom is -0.478 e. The highest BCUT2D eigenvalue weighted by Gasteiger charge is 2.00. The van der Waals surface area contributed by atoms with E-state index in [0.717, 1.165) is 23.8 Å². The van der Waals surface area contributed by atoms with E-state index in [1.165, 1.54) is 75.5 Å². The van der Waals surface area contributed by atoms with Crippen LogP contribution in [-0.4, -0.2) is 24.7 Å². The number of allylic oxidation sites excluding steroid dienone is 8. The highest BCUT2D eigenvalue weighted by molar-refractivity contribution is 5.80. The molecule has 0 aliphatic rings. The fourth-order valence-electron chi connectivity index (χ4n) is 3.76. The summed E-state index contributed by atoms with van der Waals surface area (Å²) >= 11 is 0. The monoisotopic (exact) mass is 477 g/mol. The second-order valence-corrected chi connectivity index (χ2v) is 9.41. The molecule has 0 aliphatic carbocycles. The third kappa shape index (κ3) is 16.5. The lowest BCUT2D eigenvalue weighted by atomic mass is 10.1. The summed E-state index contributed by atoms with van der Waals surface area (Å²) in [5.41, 5.74) is 4.50. The first-order chi connectivity index (χ1) is 16.9. The molecule has 3 heteroatoms. The predicted octanol–water partition coefficient (Wildman–Crippen LogP) is 9.15. The second kappa shape index (κ2) is 19.5. The highest BCUT2D eigenvalue weighted by atomic mass is 16.4. The molecule has 0 atom stereocenters. The summed E-state index contributed by atoms with van der Waals surface area (Å²) in [5, 5.41) is 8.64. The molecule has 0 aliphatic heterocycles. The Labute approximate surface area is 214 Å². The lowest BCUT2D eigenvalue weighted by molar-refractivity contribution is -0.131. The van der Waals surface area contributed by atoms with Gasteiger partial charge in [0.1, 0.15) is 0 Å². The van der Waals surface area contributed by atoms with Crippen LogP contribution in [0.25, 0.3) is 6.08 Å². The van der Waals surface area contributed by atoms with E-state index in [-0.39, 0.29) is 0 Å². The maximum atomic E-state index is 10.5. The number of hydrogen-bond acceptors (Lipinski definition) is 2. The standard InChI is InChI=1S/C32H47NO2/c1-5-6-7-8-9-10-11-12-13-16-27-33(4)31-24-22-30(23-25-31)21-19-28(2)17-14-15-18-29(3)20-26-32(34)35/h14-15,17-26H,5-13,16,27H2,1-4H3,(H,34,35). The Bertz CT molecular complexity index is 856. The normalized spacial score (nSPS) is 12.9. The van der Waals surface area contributed by atoms with Gasteiger partial charge in [-0.25, -0.2) is 4.79 Å². The van der Waals surface area contributed by atoms with Gasteiger partial charge in [-0.2, -0.15) is 0 Å². The number of unbranched alkanes of at least 4 members (excludes halogenated alkanes) is 9. The lowest BCUT2D eigenvalue weighted by Crippen LogP contribution is -2.18. The van der Waals surface area contributed by atoms with Crippen molar-refractivity contribution in [1.29, 1.82) is 0 Å². The molecule has 3 nitrogen and oxygen atoms in total. The smallest absolute Gasteiger partial charge is 0.328 e. The van der Waals surface area contributed by atoms with Crippen LogP contribution in [0.1, 0.15) is 90.5 Å². The molecule has 1 aromatic rings. The Morgan fingerprint density at radius 2 is 1.29 bits per heavy atom. The Morgan fingerprint density at radius 3 is 1.83 bits per heavy atom. The van der Waals surface area contributed by atoms with Gasteiger partial charge in [0, 0.05) is 25.4 Å². The first kappa shape index (κ1) is 30.2. The van der Waals surface area contributed by atoms with Crippen LogP contribution in [0.2, 0.25) is 0 Å². The largest absolute Gasteiger partial charge is 0.478 e. The number of nitrogens with zero attached hydrogens (tertiary/aromatic N) is 1. The molecule has 0 radical (unpaired) electrons. The van der Waals surface area contributed by atoms with Crippen LogP contribution in [0.3, 0.4) is 0 Å². The number of aliphatic carboxylic acids is 1. The van der Waals surface area contributed by atoms with Crippen LogP contribution in [0.4, 0.5) is 5.69 Å². The molecular formula is C32H47NO2. The van der Waals surface area contributed by atoms with Crippen LogP contribution < -0.4 is 4.90 Å². The third-order valence-electron chi connectivity index (χ3n) is 6.04. The van der Waals surface area contributed by atoms with Gasteiger partial charge in [0.15, 0.2) is 0 Å². The summed E-state index contributed by atoms with van der Waals surface area (Å²) < 4.78 is 0. The molecule has 1 N–H and O–H groups in total. The van der Waals surface area contributed by atoms with Crippen LogP contribution in [-0.2, 0) is 4.79 Å². The Balaban J connectivity index is 2.34. The van der Waals surface area contributed by atoms with Gasteiger partial charge >= 0.3 is 5.97 Å². The summed E-state index contributed by atoms with van der Waals surface area (Å²) in [6.45, 7) is 7.33. The van der Waals surface area contributed by atoms with Gasteiger partial charge in [0.05, 0.1) is 0 Å². The first-order valence-corrected chi connectivity index (χ1v) is 13.3. The van der Waals surface area contributed by atoms with Gasteiger partial charge in [-0.1, -0.05) is 131 Å². The average molecular weight is 478 g/mol. The van der Waals surface area contributed by atoms with Crippen LogP contribution >= 0.6 is 0 Å². The van der Waals surface area contributed by atoms with Gasteiger partial charge in [-0.3, -0.25) is 0 Å². The van der Waals surface area contributed by atoms with Gasteiger partial charge in [-0.05, 0) is 38.0 Å². The maximum Gasteiger partial charge on any atom is 0.328 e. The Kier molecular flexibility index (Phi) is 16.8. The maximum absolute atomic E-state index is 10.5. The minimum atomic E-state index is -0.934. The van der Waals surface area contributed by atoms with Crippen LogP contribution in [0.15, 0.2) is 77.9 Å². The summed E-state index contributed by atoms with van der Waals surface area (Å²) in [7, 11) is 2.19. The fourth-order valence-corrected chi connectivity index (χ4v) is 3.76. The summed E-state index contributed by atoms with van der Waals surface area (Å²) in [4.78, 5) is 12.9. The zero-order valence-electron chi connectivity index (χ0n) is 22.5. The second-order valence-electron chi connectivity index (χ2n) is 9.41. The van der Waals surface area contributed by atoms with E-state index in [4.69, 9.17) is 5.11 Å². The van der Waals surface area contributed by atoms with Crippen molar-refractivity contribution in [1.82, 2.24) is 0 Å². The summed E-state index contributed by atoms with van der Waals surface area (Å²) in [6, 6.07) is 8.75. The molecule has 0 bridgehead atoms. The lowest BCUT2D eigenvalue weighted by Gasteiger charge is -2.19. The Morgan fingerprint density at radius 1 is 0.771 bits per heavy atom. The van der Waals surface area contributed by atoms with Crippen molar-refractivity contribution in [3.63, 3.8) is 0 Å². The molecule has 1 aromatic carbocycles. The van der Waals surface area contributed by atoms with Crippen LogP contribution in [0, 0.1) is 0 Å². The van der Waals surface area contributed by atoms with Gasteiger partial charge < -0.3 is 10.0 Å². The van der Waals surface area contributed by atoms with Crippen LogP contribution in [0.5, 0.6) is 0 Å². The molecule has 0 aromatic heterocycles. The van der Waals surface area contributed by atoms with Crippen molar-refractivity contribution in [3.05, 3.63) is 83.5 Å². The summed E-state index contributed by atoms with van der Waals surface area (Å²) in [6.07, 6.45) is 28.5. The predicted molar refractivity (Wildman–Crippen MR) is 154 cm³/mol. The van der Waals surface area contributed by atoms with Gasteiger partial charge in [0.25, 0.3) is 0 Å². The number of rotatable bonds is 18. The Hall–Kier alpha value is -2.81. The molecule has 0 heterocycles. The van der Waals surface area contributed by atoms with Gasteiger partial charge in [0.2, 0.25) is 0 Å². The molecule has 192 valence electrons. The van der Waals surface area contributed by atoms with E-state index in [1.54, 1.807) is 6.08 Å². The molecule has 0 amide bonds. The quantitative estimate of drug-likeness (QED) is 0.130. The zero-order valence-corrected chi connectivity index (χ0v) is 22.5. The van der Waals surface area contributed by atoms with Crippen molar-refractivity contribution >= 4 is 17.7 Å². The fraction of sp³-hybridized carbons (Fsp3) is 0.469. The number of carboxylic acids is 1. The topological polar surface area (TPSA) is 40.5 Å². The van der Waals surface area contributed by atoms with E-state index < -0.39 is 5.97 Å². The minimum absolute atomic E-state index is 0.892. The molecular weight excluding hydrogens is 430 g/mol. The van der Waals surface area contributed by atoms with E-state index in [0.29, 0.717) is 0 Å². The summed E-state index contributed by atoms with van der Waals surface area (Å²) in [5.74, 6) is -0.934.